The van der Waals surface area contributed by atoms with Gasteiger partial charge in [-0.2, -0.15) is 0 Å². The molecule has 0 aliphatic heterocycles. The van der Waals surface area contributed by atoms with E-state index in [4.69, 9.17) is 16.3 Å². The standard InChI is InChI=1S/C14H13ClN2O3/c1-8-5-12(18)10(7-16-8)14(19)17-9-3-4-11(15)13(6-9)20-2/h3-7H,1-2H3,(H,16,18)(H,17,19). The molecule has 1 heterocycles. The quantitative estimate of drug-likeness (QED) is 0.913. The van der Waals surface area contributed by atoms with E-state index in [0.717, 1.165) is 0 Å². The van der Waals surface area contributed by atoms with Gasteiger partial charge in [-0.1, -0.05) is 11.6 Å². The zero-order chi connectivity index (χ0) is 14.7. The summed E-state index contributed by atoms with van der Waals surface area (Å²) < 4.78 is 5.06. The smallest absolute Gasteiger partial charge is 0.261 e. The van der Waals surface area contributed by atoms with Gasteiger partial charge in [-0.3, -0.25) is 9.59 Å². The maximum atomic E-state index is 12.0. The van der Waals surface area contributed by atoms with Crippen molar-refractivity contribution in [3.05, 3.63) is 57.0 Å². The van der Waals surface area contributed by atoms with Crippen LogP contribution < -0.4 is 15.5 Å². The molecule has 0 aliphatic carbocycles. The number of halogens is 1. The second kappa shape index (κ2) is 5.79. The molecule has 1 aromatic heterocycles. The monoisotopic (exact) mass is 292 g/mol. The number of aromatic nitrogens is 1. The molecule has 5 nitrogen and oxygen atoms in total. The van der Waals surface area contributed by atoms with Gasteiger partial charge in [0.25, 0.3) is 5.91 Å². The third-order valence-corrected chi connectivity index (χ3v) is 3.02. The average molecular weight is 293 g/mol. The first-order valence-corrected chi connectivity index (χ1v) is 6.23. The fourth-order valence-corrected chi connectivity index (χ4v) is 1.88. The summed E-state index contributed by atoms with van der Waals surface area (Å²) in [5.41, 5.74) is 0.903. The van der Waals surface area contributed by atoms with Crippen LogP contribution in [0.25, 0.3) is 0 Å². The van der Waals surface area contributed by atoms with Gasteiger partial charge in [0.2, 0.25) is 0 Å². The van der Waals surface area contributed by atoms with Gasteiger partial charge in [0.15, 0.2) is 5.43 Å². The fourth-order valence-electron chi connectivity index (χ4n) is 1.69. The molecular formula is C14H13ClN2O3. The van der Waals surface area contributed by atoms with E-state index in [9.17, 15) is 9.59 Å². The summed E-state index contributed by atoms with van der Waals surface area (Å²) in [6.07, 6.45) is 1.39. The summed E-state index contributed by atoms with van der Waals surface area (Å²) in [4.78, 5) is 26.6. The van der Waals surface area contributed by atoms with E-state index < -0.39 is 5.91 Å². The molecular weight excluding hydrogens is 280 g/mol. The molecule has 2 aromatic rings. The first-order valence-electron chi connectivity index (χ1n) is 5.85. The predicted molar refractivity (Wildman–Crippen MR) is 77.8 cm³/mol. The lowest BCUT2D eigenvalue weighted by Gasteiger charge is -2.08. The van der Waals surface area contributed by atoms with Crippen molar-refractivity contribution < 1.29 is 9.53 Å². The second-order valence-electron chi connectivity index (χ2n) is 4.20. The fraction of sp³-hybridized carbons (Fsp3) is 0.143. The Balaban J connectivity index is 2.25. The van der Waals surface area contributed by atoms with Crippen molar-refractivity contribution >= 4 is 23.2 Å². The number of ether oxygens (including phenoxy) is 1. The Kier molecular flexibility index (Phi) is 4.10. The maximum Gasteiger partial charge on any atom is 0.261 e. The van der Waals surface area contributed by atoms with Gasteiger partial charge in [-0.25, -0.2) is 0 Å². The number of nitrogens with one attached hydrogen (secondary N) is 2. The number of pyridine rings is 1. The average Bonchev–Trinajstić information content (AvgIpc) is 2.40. The predicted octanol–water partition coefficient (Wildman–Crippen LogP) is 2.60. The number of aryl methyl sites for hydroxylation is 1. The first-order chi connectivity index (χ1) is 9.51. The number of aromatic amines is 1. The Hall–Kier alpha value is -2.27. The van der Waals surface area contributed by atoms with Crippen LogP contribution in [0.5, 0.6) is 5.75 Å². The van der Waals surface area contributed by atoms with E-state index in [-0.39, 0.29) is 11.0 Å². The molecule has 0 saturated heterocycles. The lowest BCUT2D eigenvalue weighted by Crippen LogP contribution is -2.21. The molecule has 20 heavy (non-hydrogen) atoms. The van der Waals surface area contributed by atoms with E-state index >= 15 is 0 Å². The Morgan fingerprint density at radius 1 is 1.35 bits per heavy atom. The molecule has 0 atom stereocenters. The van der Waals surface area contributed by atoms with Gasteiger partial charge < -0.3 is 15.0 Å². The highest BCUT2D eigenvalue weighted by Crippen LogP contribution is 2.27. The molecule has 0 unspecified atom stereocenters. The van der Waals surface area contributed by atoms with E-state index in [0.29, 0.717) is 22.2 Å². The normalized spacial score (nSPS) is 10.2. The number of carbonyl (C=O) groups excluding carboxylic acids is 1. The zero-order valence-electron chi connectivity index (χ0n) is 11.0. The van der Waals surface area contributed by atoms with Gasteiger partial charge >= 0.3 is 0 Å². The zero-order valence-corrected chi connectivity index (χ0v) is 11.7. The number of rotatable bonds is 3. The minimum Gasteiger partial charge on any atom is -0.495 e. The molecule has 0 fully saturated rings. The van der Waals surface area contributed by atoms with Crippen LogP contribution >= 0.6 is 11.6 Å². The van der Waals surface area contributed by atoms with Crippen molar-refractivity contribution in [3.63, 3.8) is 0 Å². The van der Waals surface area contributed by atoms with Crippen LogP contribution in [0.2, 0.25) is 5.02 Å². The number of benzene rings is 1. The van der Waals surface area contributed by atoms with Crippen LogP contribution in [0, 0.1) is 6.92 Å². The van der Waals surface area contributed by atoms with E-state index in [2.05, 4.69) is 10.3 Å². The van der Waals surface area contributed by atoms with Crippen LogP contribution in [0.1, 0.15) is 16.1 Å². The number of hydrogen-bond donors (Lipinski definition) is 2. The molecule has 104 valence electrons. The molecule has 0 spiro atoms. The lowest BCUT2D eigenvalue weighted by molar-refractivity contribution is 0.102. The number of anilines is 1. The SMILES string of the molecule is COc1cc(NC(=O)c2c[nH]c(C)cc2=O)ccc1Cl. The highest BCUT2D eigenvalue weighted by Gasteiger charge is 2.11. The highest BCUT2D eigenvalue weighted by atomic mass is 35.5. The maximum absolute atomic E-state index is 12.0. The largest absolute Gasteiger partial charge is 0.495 e. The molecule has 0 bridgehead atoms. The van der Waals surface area contributed by atoms with E-state index in [1.165, 1.54) is 19.4 Å². The van der Waals surface area contributed by atoms with E-state index in [1.54, 1.807) is 25.1 Å². The highest BCUT2D eigenvalue weighted by molar-refractivity contribution is 6.32. The van der Waals surface area contributed by atoms with E-state index in [1.807, 2.05) is 0 Å². The molecule has 1 aromatic carbocycles. The first kappa shape index (κ1) is 14.1. The van der Waals surface area contributed by atoms with Crippen molar-refractivity contribution in [3.8, 4) is 5.75 Å². The summed E-state index contributed by atoms with van der Waals surface area (Å²) in [6.45, 7) is 1.74. The Morgan fingerprint density at radius 2 is 2.10 bits per heavy atom. The summed E-state index contributed by atoms with van der Waals surface area (Å²) in [5.74, 6) is -0.0436. The molecule has 6 heteroatoms. The second-order valence-corrected chi connectivity index (χ2v) is 4.60. The third-order valence-electron chi connectivity index (χ3n) is 2.71. The summed E-state index contributed by atoms with van der Waals surface area (Å²) in [5, 5.41) is 3.07. The number of carbonyl (C=O) groups is 1. The lowest BCUT2D eigenvalue weighted by atomic mass is 10.2. The van der Waals surface area contributed by atoms with Gasteiger partial charge in [0.1, 0.15) is 11.3 Å². The molecule has 1 amide bonds. The number of H-pyrrole nitrogens is 1. The Bertz CT molecular complexity index is 710. The summed E-state index contributed by atoms with van der Waals surface area (Å²) >= 11 is 5.90. The Labute approximate surface area is 120 Å². The minimum absolute atomic E-state index is 0.0458. The van der Waals surface area contributed by atoms with Gasteiger partial charge in [0, 0.05) is 29.7 Å². The molecule has 0 saturated carbocycles. The van der Waals surface area contributed by atoms with Gasteiger partial charge in [-0.05, 0) is 19.1 Å². The van der Waals surface area contributed by atoms with Crippen molar-refractivity contribution in [2.45, 2.75) is 6.92 Å². The minimum atomic E-state index is -0.490. The van der Waals surface area contributed by atoms with Crippen LogP contribution in [-0.4, -0.2) is 18.0 Å². The summed E-state index contributed by atoms with van der Waals surface area (Å²) in [6, 6.07) is 6.19. The topological polar surface area (TPSA) is 71.2 Å². The molecule has 2 N–H and O–H groups in total. The van der Waals surface area contributed by atoms with Crippen molar-refractivity contribution in [2.75, 3.05) is 12.4 Å². The number of methoxy groups -OCH3 is 1. The van der Waals surface area contributed by atoms with Gasteiger partial charge in [0.05, 0.1) is 12.1 Å². The van der Waals surface area contributed by atoms with Crippen LogP contribution in [0.4, 0.5) is 5.69 Å². The number of amides is 1. The van der Waals surface area contributed by atoms with Crippen LogP contribution in [0.3, 0.4) is 0 Å². The van der Waals surface area contributed by atoms with Crippen molar-refractivity contribution in [2.24, 2.45) is 0 Å². The molecule has 2 rings (SSSR count). The molecule has 0 aliphatic rings. The number of hydrogen-bond acceptors (Lipinski definition) is 3. The Morgan fingerprint density at radius 3 is 2.75 bits per heavy atom. The van der Waals surface area contributed by atoms with Gasteiger partial charge in [-0.15, -0.1) is 0 Å². The molecule has 0 radical (unpaired) electrons. The van der Waals surface area contributed by atoms with Crippen molar-refractivity contribution in [1.82, 2.24) is 4.98 Å². The van der Waals surface area contributed by atoms with Crippen LogP contribution in [0.15, 0.2) is 35.3 Å². The van der Waals surface area contributed by atoms with Crippen molar-refractivity contribution in [1.29, 1.82) is 0 Å². The summed E-state index contributed by atoms with van der Waals surface area (Å²) in [7, 11) is 1.48. The third kappa shape index (κ3) is 3.00. The van der Waals surface area contributed by atoms with Crippen LogP contribution in [-0.2, 0) is 0 Å².